The summed E-state index contributed by atoms with van der Waals surface area (Å²) in [6.45, 7) is 1.65. The molecular formula is C23H28O5. The number of benzene rings is 1. The minimum Gasteiger partial charge on any atom is -0.491 e. The number of allylic oxidation sites excluding steroid dienone is 1. The monoisotopic (exact) mass is 384 g/mol. The predicted octanol–water partition coefficient (Wildman–Crippen LogP) is 3.02. The molecule has 150 valence electrons. The molecule has 5 nitrogen and oxygen atoms in total. The van der Waals surface area contributed by atoms with E-state index in [1.165, 1.54) is 0 Å². The van der Waals surface area contributed by atoms with Crippen molar-refractivity contribution in [3.8, 4) is 5.75 Å². The second kappa shape index (κ2) is 11.4. The number of rotatable bonds is 10. The van der Waals surface area contributed by atoms with Crippen LogP contribution in [0.3, 0.4) is 0 Å². The average Bonchev–Trinajstić information content (AvgIpc) is 2.94. The van der Waals surface area contributed by atoms with Crippen molar-refractivity contribution in [3.05, 3.63) is 60.4 Å². The van der Waals surface area contributed by atoms with Crippen molar-refractivity contribution in [1.82, 2.24) is 0 Å². The molecule has 0 saturated heterocycles. The van der Waals surface area contributed by atoms with Crippen LogP contribution in [0.25, 0.3) is 0 Å². The zero-order valence-corrected chi connectivity index (χ0v) is 16.2. The lowest BCUT2D eigenvalue weighted by Crippen LogP contribution is -2.20. The summed E-state index contributed by atoms with van der Waals surface area (Å²) in [6.07, 6.45) is 6.98. The first-order valence-electron chi connectivity index (χ1n) is 9.61. The van der Waals surface area contributed by atoms with E-state index < -0.39 is 12.2 Å². The first-order chi connectivity index (χ1) is 13.5. The van der Waals surface area contributed by atoms with E-state index in [1.54, 1.807) is 31.2 Å². The normalized spacial score (nSPS) is 22.7. The standard InChI is InChI=1S/C23H28O5/c1-17(24)9-5-2-3-8-12-20-21(23(27)15-22(20)26)14-13-18(25)16-28-19-10-6-4-7-11-19/h2,4,6-8,10-11,13-14,18,20-21,23,25,27H,5,9,12,15-16H2,1H3/b14-13+/t3?,18-,20-,21-,23-/m1/s1. The molecular weight excluding hydrogens is 356 g/mol. The lowest BCUT2D eigenvalue weighted by atomic mass is 9.90. The molecule has 1 aromatic rings. The minimum absolute atomic E-state index is 0.0129. The lowest BCUT2D eigenvalue weighted by molar-refractivity contribution is -0.121. The first kappa shape index (κ1) is 21.8. The molecule has 1 saturated carbocycles. The van der Waals surface area contributed by atoms with Crippen LogP contribution in [0.1, 0.15) is 32.6 Å². The van der Waals surface area contributed by atoms with Crippen LogP contribution in [0.15, 0.2) is 60.4 Å². The lowest BCUT2D eigenvalue weighted by Gasteiger charge is -2.16. The van der Waals surface area contributed by atoms with Crippen molar-refractivity contribution in [2.45, 2.75) is 44.8 Å². The van der Waals surface area contributed by atoms with Gasteiger partial charge in [-0.1, -0.05) is 30.4 Å². The van der Waals surface area contributed by atoms with Crippen LogP contribution in [0.2, 0.25) is 0 Å². The van der Waals surface area contributed by atoms with Gasteiger partial charge >= 0.3 is 0 Å². The number of ether oxygens (including phenoxy) is 1. The molecule has 0 unspecified atom stereocenters. The summed E-state index contributed by atoms with van der Waals surface area (Å²) in [7, 11) is 0. The second-order valence-electron chi connectivity index (χ2n) is 7.05. The molecule has 2 rings (SSSR count). The van der Waals surface area contributed by atoms with Crippen LogP contribution in [-0.4, -0.2) is 40.6 Å². The Bertz CT molecular complexity index is 731. The smallest absolute Gasteiger partial charge is 0.139 e. The zero-order chi connectivity index (χ0) is 20.4. The summed E-state index contributed by atoms with van der Waals surface area (Å²) >= 11 is 0. The highest BCUT2D eigenvalue weighted by molar-refractivity contribution is 5.84. The van der Waals surface area contributed by atoms with Crippen LogP contribution >= 0.6 is 0 Å². The minimum atomic E-state index is -0.828. The largest absolute Gasteiger partial charge is 0.491 e. The molecule has 4 atom stereocenters. The van der Waals surface area contributed by atoms with Crippen LogP contribution in [0, 0.1) is 11.8 Å². The van der Waals surface area contributed by atoms with Gasteiger partial charge in [0.05, 0.1) is 6.10 Å². The third-order valence-electron chi connectivity index (χ3n) is 4.70. The van der Waals surface area contributed by atoms with Crippen LogP contribution in [0.4, 0.5) is 0 Å². The van der Waals surface area contributed by atoms with Gasteiger partial charge in [0.25, 0.3) is 0 Å². The summed E-state index contributed by atoms with van der Waals surface area (Å²) in [5.74, 6) is 0.146. The fourth-order valence-electron chi connectivity index (χ4n) is 3.17. The number of Topliss-reactive ketones (excluding diaryl/α,β-unsaturated/α-hetero) is 2. The predicted molar refractivity (Wildman–Crippen MR) is 107 cm³/mol. The molecule has 1 aliphatic rings. The second-order valence-corrected chi connectivity index (χ2v) is 7.05. The number of aliphatic hydroxyl groups is 2. The Morgan fingerprint density at radius 3 is 2.79 bits per heavy atom. The molecule has 0 bridgehead atoms. The molecule has 28 heavy (non-hydrogen) atoms. The Kier molecular flexibility index (Phi) is 8.89. The summed E-state index contributed by atoms with van der Waals surface area (Å²) in [5.41, 5.74) is 3.00. The number of carbonyl (C=O) groups is 2. The summed E-state index contributed by atoms with van der Waals surface area (Å²) in [6, 6.07) is 9.20. The molecule has 0 radical (unpaired) electrons. The van der Waals surface area contributed by atoms with Gasteiger partial charge in [-0.25, -0.2) is 0 Å². The maximum absolute atomic E-state index is 12.2. The molecule has 1 aliphatic carbocycles. The van der Waals surface area contributed by atoms with Gasteiger partial charge < -0.3 is 19.7 Å². The molecule has 2 N–H and O–H groups in total. The van der Waals surface area contributed by atoms with E-state index in [2.05, 4.69) is 5.73 Å². The molecule has 0 aliphatic heterocycles. The Morgan fingerprint density at radius 2 is 2.07 bits per heavy atom. The highest BCUT2D eigenvalue weighted by Gasteiger charge is 2.39. The molecule has 1 fully saturated rings. The van der Waals surface area contributed by atoms with E-state index in [0.717, 1.165) is 0 Å². The maximum atomic E-state index is 12.2. The number of hydrogen-bond acceptors (Lipinski definition) is 5. The molecule has 0 heterocycles. The van der Waals surface area contributed by atoms with Crippen molar-refractivity contribution in [1.29, 1.82) is 0 Å². The Hall–Kier alpha value is -2.46. The third kappa shape index (κ3) is 7.28. The van der Waals surface area contributed by atoms with E-state index in [9.17, 15) is 19.8 Å². The van der Waals surface area contributed by atoms with Gasteiger partial charge in [-0.2, -0.15) is 0 Å². The van der Waals surface area contributed by atoms with E-state index in [4.69, 9.17) is 4.74 Å². The average molecular weight is 384 g/mol. The van der Waals surface area contributed by atoms with Crippen molar-refractivity contribution < 1.29 is 24.5 Å². The maximum Gasteiger partial charge on any atom is 0.139 e. The van der Waals surface area contributed by atoms with Crippen molar-refractivity contribution in [2.75, 3.05) is 6.61 Å². The molecule has 0 aromatic heterocycles. The van der Waals surface area contributed by atoms with Crippen molar-refractivity contribution in [3.63, 3.8) is 0 Å². The SMILES string of the molecule is CC(=O)CCC=C=CC[C@H]1C(=O)C[C@@H](O)[C@@H]1/C=C/[C@@H](O)COc1ccccc1. The van der Waals surface area contributed by atoms with E-state index in [0.29, 0.717) is 25.0 Å². The topological polar surface area (TPSA) is 83.8 Å². The van der Waals surface area contributed by atoms with E-state index in [1.807, 2.05) is 30.3 Å². The van der Waals surface area contributed by atoms with Crippen LogP contribution in [0.5, 0.6) is 5.75 Å². The van der Waals surface area contributed by atoms with Gasteiger partial charge in [-0.15, -0.1) is 5.73 Å². The van der Waals surface area contributed by atoms with Gasteiger partial charge in [0.2, 0.25) is 0 Å². The summed E-state index contributed by atoms with van der Waals surface area (Å²) < 4.78 is 5.50. The Morgan fingerprint density at radius 1 is 1.32 bits per heavy atom. The van der Waals surface area contributed by atoms with Crippen molar-refractivity contribution >= 4 is 11.6 Å². The summed E-state index contributed by atoms with van der Waals surface area (Å²) in [4.78, 5) is 23.1. The van der Waals surface area contributed by atoms with Gasteiger partial charge in [0, 0.05) is 24.7 Å². The van der Waals surface area contributed by atoms with Gasteiger partial charge in [-0.05, 0) is 44.1 Å². The third-order valence-corrected chi connectivity index (χ3v) is 4.70. The fraction of sp³-hybridized carbons (Fsp3) is 0.435. The summed E-state index contributed by atoms with van der Waals surface area (Å²) in [5, 5.41) is 20.3. The van der Waals surface area contributed by atoms with Crippen molar-refractivity contribution in [2.24, 2.45) is 11.8 Å². The number of ketones is 2. The zero-order valence-electron chi connectivity index (χ0n) is 16.2. The number of carbonyl (C=O) groups excluding carboxylic acids is 2. The number of para-hydroxylation sites is 1. The van der Waals surface area contributed by atoms with E-state index >= 15 is 0 Å². The highest BCUT2D eigenvalue weighted by atomic mass is 16.5. The quantitative estimate of drug-likeness (QED) is 0.479. The van der Waals surface area contributed by atoms with E-state index in [-0.39, 0.29) is 36.4 Å². The molecule has 1 aromatic carbocycles. The van der Waals surface area contributed by atoms with Gasteiger partial charge in [0.1, 0.15) is 30.0 Å². The molecule has 0 spiro atoms. The highest BCUT2D eigenvalue weighted by Crippen LogP contribution is 2.33. The molecule has 0 amide bonds. The van der Waals surface area contributed by atoms with Gasteiger partial charge in [-0.3, -0.25) is 4.79 Å². The van der Waals surface area contributed by atoms with Gasteiger partial charge in [0.15, 0.2) is 0 Å². The van der Waals surface area contributed by atoms with Crippen LogP contribution < -0.4 is 4.74 Å². The Balaban J connectivity index is 1.87. The first-order valence-corrected chi connectivity index (χ1v) is 9.61. The molecule has 5 heteroatoms. The number of aliphatic hydroxyl groups excluding tert-OH is 2. The van der Waals surface area contributed by atoms with Crippen LogP contribution in [-0.2, 0) is 9.59 Å². The fourth-order valence-corrected chi connectivity index (χ4v) is 3.17. The Labute approximate surface area is 166 Å². The number of hydrogen-bond donors (Lipinski definition) is 2.